The number of benzene rings is 2. The van der Waals surface area contributed by atoms with Gasteiger partial charge in [0.2, 0.25) is 0 Å². The van der Waals surface area contributed by atoms with Crippen molar-refractivity contribution in [2.45, 2.75) is 5.88 Å². The Hall–Kier alpha value is -2.85. The van der Waals surface area contributed by atoms with Gasteiger partial charge in [0, 0.05) is 17.6 Å². The molecule has 0 atom stereocenters. The fourth-order valence-electron chi connectivity index (χ4n) is 2.96. The van der Waals surface area contributed by atoms with Gasteiger partial charge in [0.25, 0.3) is 0 Å². The number of hydrogen-bond donors (Lipinski definition) is 1. The van der Waals surface area contributed by atoms with Crippen molar-refractivity contribution in [3.8, 4) is 16.8 Å². The highest BCUT2D eigenvalue weighted by Crippen LogP contribution is 2.34. The normalized spacial score (nSPS) is 11.0. The average Bonchev–Trinajstić information content (AvgIpc) is 3.03. The van der Waals surface area contributed by atoms with Crippen molar-refractivity contribution in [1.29, 1.82) is 0 Å². The minimum absolute atomic E-state index is 0.428. The Labute approximate surface area is 144 Å². The van der Waals surface area contributed by atoms with Gasteiger partial charge in [-0.15, -0.1) is 11.6 Å². The van der Waals surface area contributed by atoms with E-state index in [9.17, 15) is 0 Å². The minimum atomic E-state index is 0.428. The van der Waals surface area contributed by atoms with Crippen LogP contribution in [0.5, 0.6) is 0 Å². The Bertz CT molecular complexity index is 1010. The van der Waals surface area contributed by atoms with Gasteiger partial charge < -0.3 is 10.3 Å². The topological polar surface area (TPSA) is 56.7 Å². The molecule has 4 nitrogen and oxygen atoms in total. The first-order chi connectivity index (χ1) is 11.8. The first-order valence-corrected chi connectivity index (χ1v) is 8.14. The van der Waals surface area contributed by atoms with Crippen LogP contribution >= 0.6 is 11.6 Å². The first-order valence-electron chi connectivity index (χ1n) is 7.61. The number of anilines is 1. The van der Waals surface area contributed by atoms with E-state index >= 15 is 0 Å². The third-order valence-electron chi connectivity index (χ3n) is 4.09. The molecule has 0 saturated heterocycles. The molecule has 0 saturated carbocycles. The second kappa shape index (κ2) is 5.98. The van der Waals surface area contributed by atoms with Gasteiger partial charge in [-0.2, -0.15) is 0 Å². The molecule has 2 N–H and O–H groups in total. The van der Waals surface area contributed by atoms with Crippen molar-refractivity contribution in [2.75, 3.05) is 5.73 Å². The Balaban J connectivity index is 2.07. The van der Waals surface area contributed by atoms with Crippen LogP contribution in [0, 0.1) is 0 Å². The van der Waals surface area contributed by atoms with E-state index < -0.39 is 0 Å². The number of rotatable bonds is 3. The fraction of sp³-hybridized carbons (Fsp3) is 0.0526. The van der Waals surface area contributed by atoms with Crippen LogP contribution < -0.4 is 5.73 Å². The van der Waals surface area contributed by atoms with Gasteiger partial charge in [-0.05, 0) is 17.2 Å². The van der Waals surface area contributed by atoms with Crippen LogP contribution in [0.1, 0.15) is 5.56 Å². The number of alkyl halides is 1. The van der Waals surface area contributed by atoms with Crippen LogP contribution in [0.3, 0.4) is 0 Å². The summed E-state index contributed by atoms with van der Waals surface area (Å²) in [6.07, 6.45) is 3.54. The maximum Gasteiger partial charge on any atom is 0.150 e. The first kappa shape index (κ1) is 14.7. The summed E-state index contributed by atoms with van der Waals surface area (Å²) in [4.78, 5) is 8.64. The molecule has 0 aliphatic carbocycles. The summed E-state index contributed by atoms with van der Waals surface area (Å²) in [7, 11) is 0. The lowest BCUT2D eigenvalue weighted by Gasteiger charge is -2.09. The molecule has 118 valence electrons. The van der Waals surface area contributed by atoms with E-state index in [2.05, 4.69) is 28.3 Å². The van der Waals surface area contributed by atoms with Crippen molar-refractivity contribution in [3.63, 3.8) is 0 Å². The molecule has 0 aliphatic rings. The monoisotopic (exact) mass is 334 g/mol. The minimum Gasteiger partial charge on any atom is -0.383 e. The van der Waals surface area contributed by atoms with Crippen LogP contribution in [-0.2, 0) is 5.88 Å². The summed E-state index contributed by atoms with van der Waals surface area (Å²) >= 11 is 6.12. The van der Waals surface area contributed by atoms with E-state index in [0.717, 1.165) is 33.4 Å². The molecule has 4 aromatic rings. The van der Waals surface area contributed by atoms with Crippen molar-refractivity contribution in [1.82, 2.24) is 14.5 Å². The molecule has 0 unspecified atom stereocenters. The zero-order chi connectivity index (χ0) is 16.5. The van der Waals surface area contributed by atoms with Crippen molar-refractivity contribution >= 4 is 28.5 Å². The molecule has 5 heteroatoms. The summed E-state index contributed by atoms with van der Waals surface area (Å²) in [5, 5.41) is 0.855. The Morgan fingerprint density at radius 3 is 2.50 bits per heavy atom. The molecule has 2 aromatic heterocycles. The van der Waals surface area contributed by atoms with Gasteiger partial charge in [0.05, 0.1) is 11.1 Å². The lowest BCUT2D eigenvalue weighted by Crippen LogP contribution is -1.99. The number of fused-ring (bicyclic) bond motifs is 1. The van der Waals surface area contributed by atoms with Crippen LogP contribution in [0.25, 0.3) is 27.8 Å². The highest BCUT2D eigenvalue weighted by atomic mass is 35.5. The Morgan fingerprint density at radius 2 is 1.71 bits per heavy atom. The largest absolute Gasteiger partial charge is 0.383 e. The van der Waals surface area contributed by atoms with E-state index in [-0.39, 0.29) is 0 Å². The summed E-state index contributed by atoms with van der Waals surface area (Å²) in [5.41, 5.74) is 11.1. The van der Waals surface area contributed by atoms with E-state index in [1.54, 1.807) is 0 Å². The number of nitrogens with zero attached hydrogens (tertiary/aromatic N) is 3. The maximum atomic E-state index is 6.17. The molecule has 0 aliphatic heterocycles. The van der Waals surface area contributed by atoms with Gasteiger partial charge in [-0.1, -0.05) is 48.5 Å². The van der Waals surface area contributed by atoms with Crippen LogP contribution in [0.15, 0.2) is 67.1 Å². The van der Waals surface area contributed by atoms with Gasteiger partial charge >= 0.3 is 0 Å². The zero-order valence-electron chi connectivity index (χ0n) is 12.9. The molecule has 4 rings (SSSR count). The molecule has 0 fully saturated rings. The number of para-hydroxylation sites is 1. The quantitative estimate of drug-likeness (QED) is 0.565. The molecule has 0 spiro atoms. The van der Waals surface area contributed by atoms with Gasteiger partial charge in [-0.3, -0.25) is 0 Å². The van der Waals surface area contributed by atoms with Crippen LogP contribution in [0.2, 0.25) is 0 Å². The van der Waals surface area contributed by atoms with Crippen LogP contribution in [0.4, 0.5) is 5.82 Å². The Morgan fingerprint density at radius 1 is 0.958 bits per heavy atom. The lowest BCUT2D eigenvalue weighted by molar-refractivity contribution is 1.06. The number of nitrogens with two attached hydrogens (primary N) is 1. The average molecular weight is 335 g/mol. The summed E-state index contributed by atoms with van der Waals surface area (Å²) < 4.78 is 2.04. The standard InChI is InChI=1S/C19H15ClN4/c20-10-14-8-4-5-9-16(14)24-11-15(13-6-2-1-3-7-13)17-18(21)22-12-23-19(17)24/h1-9,11-12H,10H2,(H2,21,22,23). The molecular weight excluding hydrogens is 320 g/mol. The molecule has 24 heavy (non-hydrogen) atoms. The number of hydrogen-bond acceptors (Lipinski definition) is 3. The number of halogens is 1. The predicted molar refractivity (Wildman–Crippen MR) is 98.3 cm³/mol. The highest BCUT2D eigenvalue weighted by Gasteiger charge is 2.17. The second-order valence-electron chi connectivity index (χ2n) is 5.50. The third-order valence-corrected chi connectivity index (χ3v) is 4.38. The van der Waals surface area contributed by atoms with E-state index in [1.165, 1.54) is 6.33 Å². The molecular formula is C19H15ClN4. The van der Waals surface area contributed by atoms with Gasteiger partial charge in [0.15, 0.2) is 5.65 Å². The van der Waals surface area contributed by atoms with E-state index in [4.69, 9.17) is 17.3 Å². The Kier molecular flexibility index (Phi) is 3.67. The summed E-state index contributed by atoms with van der Waals surface area (Å²) in [5.74, 6) is 0.901. The SMILES string of the molecule is Nc1ncnc2c1c(-c1ccccc1)cn2-c1ccccc1CCl. The predicted octanol–water partition coefficient (Wildman–Crippen LogP) is 4.41. The van der Waals surface area contributed by atoms with Gasteiger partial charge in [0.1, 0.15) is 12.1 Å². The second-order valence-corrected chi connectivity index (χ2v) is 5.77. The third kappa shape index (κ3) is 2.32. The molecule has 0 amide bonds. The molecule has 0 bridgehead atoms. The van der Waals surface area contributed by atoms with E-state index in [0.29, 0.717) is 11.7 Å². The van der Waals surface area contributed by atoms with E-state index in [1.807, 2.05) is 47.0 Å². The van der Waals surface area contributed by atoms with Crippen molar-refractivity contribution in [2.24, 2.45) is 0 Å². The number of aromatic nitrogens is 3. The number of nitrogen functional groups attached to an aromatic ring is 1. The molecule has 0 radical (unpaired) electrons. The van der Waals surface area contributed by atoms with Gasteiger partial charge in [-0.25, -0.2) is 9.97 Å². The van der Waals surface area contributed by atoms with Crippen molar-refractivity contribution < 1.29 is 0 Å². The van der Waals surface area contributed by atoms with Crippen molar-refractivity contribution in [3.05, 3.63) is 72.7 Å². The zero-order valence-corrected chi connectivity index (χ0v) is 13.6. The highest BCUT2D eigenvalue weighted by molar-refractivity contribution is 6.17. The molecule has 2 aromatic carbocycles. The smallest absolute Gasteiger partial charge is 0.150 e. The summed E-state index contributed by atoms with van der Waals surface area (Å²) in [6.45, 7) is 0. The lowest BCUT2D eigenvalue weighted by atomic mass is 10.1. The fourth-order valence-corrected chi connectivity index (χ4v) is 3.19. The molecule has 2 heterocycles. The maximum absolute atomic E-state index is 6.17. The summed E-state index contributed by atoms with van der Waals surface area (Å²) in [6, 6.07) is 18.1. The van der Waals surface area contributed by atoms with Crippen LogP contribution in [-0.4, -0.2) is 14.5 Å².